The number of esters is 3. The average molecular weight is 1060 g/mol. The van der Waals surface area contributed by atoms with Crippen molar-refractivity contribution in [3.63, 3.8) is 0 Å². The molecule has 1 heterocycles. The van der Waals surface area contributed by atoms with Gasteiger partial charge in [-0.05, 0) is 70.6 Å². The fourth-order valence-corrected chi connectivity index (χ4v) is 9.65. The van der Waals surface area contributed by atoms with Crippen LogP contribution in [0.4, 0.5) is 0 Å². The first-order chi connectivity index (χ1) is 36.6. The van der Waals surface area contributed by atoms with Crippen LogP contribution in [-0.4, -0.2) is 89.2 Å². The molecule has 6 atom stereocenters. The van der Waals surface area contributed by atoms with Crippen LogP contribution in [0.25, 0.3) is 0 Å². The van der Waals surface area contributed by atoms with Crippen LogP contribution in [0, 0.1) is 0 Å². The van der Waals surface area contributed by atoms with E-state index in [2.05, 4.69) is 45.1 Å². The number of ether oxygens (including phenoxy) is 5. The molecule has 12 nitrogen and oxygen atoms in total. The predicted octanol–water partition coefficient (Wildman–Crippen LogP) is 16.2. The maximum Gasteiger partial charge on any atom is 0.335 e. The Morgan fingerprint density at radius 1 is 0.427 bits per heavy atom. The lowest BCUT2D eigenvalue weighted by molar-refractivity contribution is -0.301. The predicted molar refractivity (Wildman–Crippen MR) is 303 cm³/mol. The number of carboxylic acid groups (broad SMARTS) is 1. The molecule has 0 amide bonds. The number of carboxylic acids is 1. The van der Waals surface area contributed by atoms with E-state index in [4.69, 9.17) is 23.7 Å². The number of aliphatic hydroxyl groups excluding tert-OH is 2. The number of rotatable bonds is 54. The van der Waals surface area contributed by atoms with Crippen LogP contribution in [0.3, 0.4) is 0 Å². The fourth-order valence-electron chi connectivity index (χ4n) is 9.65. The molecule has 1 aliphatic rings. The van der Waals surface area contributed by atoms with Crippen LogP contribution < -0.4 is 0 Å². The normalized spacial score (nSPS) is 18.2. The van der Waals surface area contributed by atoms with Crippen LogP contribution in [0.5, 0.6) is 0 Å². The van der Waals surface area contributed by atoms with Crippen molar-refractivity contribution in [1.82, 2.24) is 0 Å². The molecule has 0 aliphatic carbocycles. The molecule has 0 aromatic carbocycles. The summed E-state index contributed by atoms with van der Waals surface area (Å²) in [7, 11) is 0. The summed E-state index contributed by atoms with van der Waals surface area (Å²) in [5.41, 5.74) is 0. The molecule has 0 spiro atoms. The lowest BCUT2D eigenvalue weighted by Crippen LogP contribution is -2.61. The van der Waals surface area contributed by atoms with Gasteiger partial charge in [-0.15, -0.1) is 0 Å². The molecule has 75 heavy (non-hydrogen) atoms. The number of aliphatic carboxylic acids is 1. The smallest absolute Gasteiger partial charge is 0.335 e. The highest BCUT2D eigenvalue weighted by Crippen LogP contribution is 2.27. The van der Waals surface area contributed by atoms with Crippen molar-refractivity contribution < 1.29 is 58.2 Å². The van der Waals surface area contributed by atoms with Crippen LogP contribution in [0.1, 0.15) is 303 Å². The molecule has 438 valence electrons. The van der Waals surface area contributed by atoms with Gasteiger partial charge in [-0.25, -0.2) is 4.79 Å². The minimum atomic E-state index is -1.90. The van der Waals surface area contributed by atoms with Gasteiger partial charge < -0.3 is 39.0 Å². The van der Waals surface area contributed by atoms with Crippen molar-refractivity contribution in [3.05, 3.63) is 24.3 Å². The van der Waals surface area contributed by atoms with Crippen LogP contribution >= 0.6 is 0 Å². The Morgan fingerprint density at radius 3 is 1.15 bits per heavy atom. The van der Waals surface area contributed by atoms with E-state index in [1.807, 2.05) is 0 Å². The maximum atomic E-state index is 13.1. The SMILES string of the molecule is CCCCCC/C=C\CCCCCCCC(=O)OC(COC(=O)CCCCCCCCC/C=C\CCCCCCCC)COC1OC(C(=O)O)C(O)C(O)C1OC(=O)CCCCCCCCCCCCCCCCC. The lowest BCUT2D eigenvalue weighted by Gasteiger charge is -2.40. The average Bonchev–Trinajstić information content (AvgIpc) is 3.39. The molecule has 0 aromatic rings. The number of carbonyl (C=O) groups is 4. The number of hydrogen-bond acceptors (Lipinski definition) is 11. The Balaban J connectivity index is 2.66. The van der Waals surface area contributed by atoms with Gasteiger partial charge in [-0.3, -0.25) is 14.4 Å². The molecule has 1 rings (SSSR count). The van der Waals surface area contributed by atoms with Gasteiger partial charge in [-0.1, -0.05) is 238 Å². The minimum absolute atomic E-state index is 0.0658. The summed E-state index contributed by atoms with van der Waals surface area (Å²) in [6.45, 7) is 6.00. The molecule has 6 unspecified atom stereocenters. The quantitative estimate of drug-likeness (QED) is 0.0228. The molecule has 0 saturated carbocycles. The van der Waals surface area contributed by atoms with E-state index >= 15 is 0 Å². The molecule has 1 saturated heterocycles. The molecule has 0 radical (unpaired) electrons. The molecule has 0 bridgehead atoms. The summed E-state index contributed by atoms with van der Waals surface area (Å²) in [5, 5.41) is 31.5. The van der Waals surface area contributed by atoms with Gasteiger partial charge in [0.15, 0.2) is 24.6 Å². The largest absolute Gasteiger partial charge is 0.479 e. The summed E-state index contributed by atoms with van der Waals surface area (Å²) < 4.78 is 28.5. The van der Waals surface area contributed by atoms with Crippen molar-refractivity contribution in [1.29, 1.82) is 0 Å². The highest BCUT2D eigenvalue weighted by molar-refractivity contribution is 5.74. The van der Waals surface area contributed by atoms with E-state index in [1.165, 1.54) is 161 Å². The maximum absolute atomic E-state index is 13.1. The van der Waals surface area contributed by atoms with Crippen LogP contribution in [0.2, 0.25) is 0 Å². The fraction of sp³-hybridized carbons (Fsp3) is 0.873. The van der Waals surface area contributed by atoms with E-state index in [0.29, 0.717) is 19.3 Å². The molecule has 3 N–H and O–H groups in total. The first-order valence-electron chi connectivity index (χ1n) is 31.3. The van der Waals surface area contributed by atoms with Crippen molar-refractivity contribution in [2.45, 2.75) is 340 Å². The van der Waals surface area contributed by atoms with Crippen molar-refractivity contribution >= 4 is 23.9 Å². The van der Waals surface area contributed by atoms with Gasteiger partial charge in [0.25, 0.3) is 0 Å². The molecule has 0 aromatic heterocycles. The molecule has 1 aliphatic heterocycles. The second-order valence-electron chi connectivity index (χ2n) is 21.7. The van der Waals surface area contributed by atoms with E-state index in [1.54, 1.807) is 0 Å². The Bertz CT molecular complexity index is 1400. The molecule has 12 heteroatoms. The zero-order valence-corrected chi connectivity index (χ0v) is 48.3. The second-order valence-corrected chi connectivity index (χ2v) is 21.7. The van der Waals surface area contributed by atoms with Gasteiger partial charge in [0, 0.05) is 19.3 Å². The van der Waals surface area contributed by atoms with Crippen molar-refractivity contribution in [2.75, 3.05) is 13.2 Å². The van der Waals surface area contributed by atoms with Gasteiger partial charge in [0.1, 0.15) is 18.8 Å². The third kappa shape index (κ3) is 41.9. The van der Waals surface area contributed by atoms with Crippen LogP contribution in [0.15, 0.2) is 24.3 Å². The van der Waals surface area contributed by atoms with Gasteiger partial charge in [0.05, 0.1) is 6.61 Å². The Labute approximate surface area is 458 Å². The van der Waals surface area contributed by atoms with E-state index < -0.39 is 67.3 Å². The monoisotopic (exact) mass is 1060 g/mol. The summed E-state index contributed by atoms with van der Waals surface area (Å²) in [4.78, 5) is 51.2. The topological polar surface area (TPSA) is 175 Å². The number of unbranched alkanes of at least 4 members (excludes halogenated alkanes) is 36. The summed E-state index contributed by atoms with van der Waals surface area (Å²) in [5.74, 6) is -3.10. The zero-order chi connectivity index (χ0) is 54.7. The zero-order valence-electron chi connectivity index (χ0n) is 48.3. The van der Waals surface area contributed by atoms with Crippen LogP contribution in [-0.2, 0) is 42.9 Å². The first-order valence-corrected chi connectivity index (χ1v) is 31.3. The first kappa shape index (κ1) is 70.2. The Morgan fingerprint density at radius 2 is 0.760 bits per heavy atom. The number of allylic oxidation sites excluding steroid dienone is 4. The molecule has 1 fully saturated rings. The van der Waals surface area contributed by atoms with E-state index in [9.17, 15) is 34.5 Å². The minimum Gasteiger partial charge on any atom is -0.479 e. The van der Waals surface area contributed by atoms with E-state index in [-0.39, 0.29) is 25.9 Å². The highest BCUT2D eigenvalue weighted by atomic mass is 16.7. The summed E-state index contributed by atoms with van der Waals surface area (Å²) >= 11 is 0. The van der Waals surface area contributed by atoms with E-state index in [0.717, 1.165) is 83.5 Å². The molecular formula is C63H114O12. The standard InChI is InChI=1S/C63H114O12/c1-4-7-10-13-16-19-22-25-27-28-30-32-34-37-40-43-46-49-55(64)71-52-54(73-56(65)50-47-44-41-38-35-31-24-21-18-15-12-9-6-3)53-72-63-61(59(68)58(67)60(75-63)62(69)70)74-57(66)51-48-45-42-39-36-33-29-26-23-20-17-14-11-8-5-2/h21,24-25,27,54,58-61,63,67-68H,4-20,22-23,26,28-53H2,1-3H3,(H,69,70)/b24-21-,27-25-. The highest BCUT2D eigenvalue weighted by Gasteiger charge is 2.50. The lowest BCUT2D eigenvalue weighted by atomic mass is 9.98. The van der Waals surface area contributed by atoms with Crippen molar-refractivity contribution in [3.8, 4) is 0 Å². The summed E-state index contributed by atoms with van der Waals surface area (Å²) in [6.07, 6.45) is 47.1. The third-order valence-electron chi connectivity index (χ3n) is 14.5. The van der Waals surface area contributed by atoms with Gasteiger partial charge in [-0.2, -0.15) is 0 Å². The van der Waals surface area contributed by atoms with Gasteiger partial charge >= 0.3 is 23.9 Å². The number of carbonyl (C=O) groups excluding carboxylic acids is 3. The van der Waals surface area contributed by atoms with Gasteiger partial charge in [0.2, 0.25) is 0 Å². The Hall–Kier alpha value is -2.80. The van der Waals surface area contributed by atoms with Crippen molar-refractivity contribution in [2.24, 2.45) is 0 Å². The molecular weight excluding hydrogens is 949 g/mol. The Kier molecular flexibility index (Phi) is 48.6. The third-order valence-corrected chi connectivity index (χ3v) is 14.5. The number of aliphatic hydroxyl groups is 2. The number of hydrogen-bond donors (Lipinski definition) is 3. The second kappa shape index (κ2) is 51.9. The summed E-state index contributed by atoms with van der Waals surface area (Å²) in [6, 6.07) is 0.